The first kappa shape index (κ1) is 13.6. The second kappa shape index (κ2) is 5.45. The number of methoxy groups -OCH3 is 1. The highest BCUT2D eigenvalue weighted by Gasteiger charge is 2.17. The normalized spacial score (nSPS) is 12.3. The summed E-state index contributed by atoms with van der Waals surface area (Å²) in [4.78, 5) is 0. The highest BCUT2D eigenvalue weighted by atomic mass is 16.5. The third kappa shape index (κ3) is 2.64. The predicted molar refractivity (Wildman–Crippen MR) is 77.7 cm³/mol. The largest absolute Gasteiger partial charge is 0.496 e. The van der Waals surface area contributed by atoms with E-state index in [1.54, 1.807) is 7.11 Å². The van der Waals surface area contributed by atoms with Crippen molar-refractivity contribution >= 4 is 0 Å². The van der Waals surface area contributed by atoms with Gasteiger partial charge in [-0.15, -0.1) is 0 Å². The Morgan fingerprint density at radius 1 is 1.00 bits per heavy atom. The van der Waals surface area contributed by atoms with Gasteiger partial charge in [-0.2, -0.15) is 0 Å². The van der Waals surface area contributed by atoms with E-state index < -0.39 is 6.10 Å². The molecule has 0 radical (unpaired) electrons. The standard InChI is InChI=1S/C17H20O2/c1-11-8-9-16(19-4)15(10-11)17(18)14-7-5-6-12(2)13(14)3/h5-10,17-18H,1-4H3. The van der Waals surface area contributed by atoms with E-state index >= 15 is 0 Å². The fourth-order valence-electron chi connectivity index (χ4n) is 2.31. The number of hydrogen-bond donors (Lipinski definition) is 1. The van der Waals surface area contributed by atoms with Crippen LogP contribution in [-0.2, 0) is 0 Å². The minimum Gasteiger partial charge on any atom is -0.496 e. The molecular formula is C17H20O2. The maximum absolute atomic E-state index is 10.7. The Morgan fingerprint density at radius 3 is 2.42 bits per heavy atom. The molecule has 19 heavy (non-hydrogen) atoms. The first-order valence-corrected chi connectivity index (χ1v) is 6.43. The number of rotatable bonds is 3. The summed E-state index contributed by atoms with van der Waals surface area (Å²) in [7, 11) is 1.63. The van der Waals surface area contributed by atoms with Gasteiger partial charge in [0.2, 0.25) is 0 Å². The van der Waals surface area contributed by atoms with Crippen LogP contribution in [0.4, 0.5) is 0 Å². The average molecular weight is 256 g/mol. The number of benzene rings is 2. The van der Waals surface area contributed by atoms with Crippen LogP contribution in [0.15, 0.2) is 36.4 Å². The van der Waals surface area contributed by atoms with Crippen molar-refractivity contribution in [2.45, 2.75) is 26.9 Å². The molecule has 1 atom stereocenters. The molecule has 1 N–H and O–H groups in total. The van der Waals surface area contributed by atoms with Crippen LogP contribution >= 0.6 is 0 Å². The van der Waals surface area contributed by atoms with E-state index in [9.17, 15) is 5.11 Å². The number of aliphatic hydroxyl groups is 1. The first-order valence-electron chi connectivity index (χ1n) is 6.43. The van der Waals surface area contributed by atoms with E-state index in [1.165, 1.54) is 5.56 Å². The lowest BCUT2D eigenvalue weighted by molar-refractivity contribution is 0.214. The fraction of sp³-hybridized carbons (Fsp3) is 0.294. The van der Waals surface area contributed by atoms with E-state index in [4.69, 9.17) is 4.74 Å². The van der Waals surface area contributed by atoms with E-state index in [-0.39, 0.29) is 0 Å². The first-order chi connectivity index (χ1) is 9.04. The smallest absolute Gasteiger partial charge is 0.125 e. The molecule has 2 aromatic rings. The summed E-state index contributed by atoms with van der Waals surface area (Å²) in [6, 6.07) is 11.9. The SMILES string of the molecule is COc1ccc(C)cc1C(O)c1cccc(C)c1C. The summed E-state index contributed by atoms with van der Waals surface area (Å²) < 4.78 is 5.35. The van der Waals surface area contributed by atoms with Gasteiger partial charge in [0.15, 0.2) is 0 Å². The van der Waals surface area contributed by atoms with Gasteiger partial charge in [0.05, 0.1) is 7.11 Å². The maximum Gasteiger partial charge on any atom is 0.125 e. The summed E-state index contributed by atoms with van der Waals surface area (Å²) in [5.41, 5.74) is 5.17. The van der Waals surface area contributed by atoms with Gasteiger partial charge in [-0.1, -0.05) is 29.8 Å². The lowest BCUT2D eigenvalue weighted by Gasteiger charge is -2.18. The summed E-state index contributed by atoms with van der Waals surface area (Å²) >= 11 is 0. The van der Waals surface area contributed by atoms with Crippen LogP contribution in [0.5, 0.6) is 5.75 Å². The molecule has 0 amide bonds. The molecule has 100 valence electrons. The molecule has 0 saturated heterocycles. The molecule has 0 aromatic heterocycles. The lowest BCUT2D eigenvalue weighted by atomic mass is 9.93. The molecule has 0 aliphatic heterocycles. The zero-order valence-electron chi connectivity index (χ0n) is 11.9. The number of ether oxygens (including phenoxy) is 1. The topological polar surface area (TPSA) is 29.5 Å². The molecule has 2 rings (SSSR count). The zero-order valence-corrected chi connectivity index (χ0v) is 11.9. The van der Waals surface area contributed by atoms with E-state index in [0.29, 0.717) is 0 Å². The van der Waals surface area contributed by atoms with Gasteiger partial charge in [-0.05, 0) is 49.6 Å². The van der Waals surface area contributed by atoms with Crippen molar-refractivity contribution < 1.29 is 9.84 Å². The highest BCUT2D eigenvalue weighted by molar-refractivity contribution is 5.45. The lowest BCUT2D eigenvalue weighted by Crippen LogP contribution is -2.05. The Balaban J connectivity index is 2.52. The summed E-state index contributed by atoms with van der Waals surface area (Å²) in [6.45, 7) is 6.11. The minimum absolute atomic E-state index is 0.658. The van der Waals surface area contributed by atoms with Gasteiger partial charge < -0.3 is 9.84 Å². The molecule has 0 saturated carbocycles. The Hall–Kier alpha value is -1.80. The number of hydrogen-bond acceptors (Lipinski definition) is 2. The van der Waals surface area contributed by atoms with Crippen LogP contribution in [0.3, 0.4) is 0 Å². The monoisotopic (exact) mass is 256 g/mol. The molecular weight excluding hydrogens is 236 g/mol. The van der Waals surface area contributed by atoms with Crippen molar-refractivity contribution in [2.24, 2.45) is 0 Å². The van der Waals surface area contributed by atoms with Gasteiger partial charge in [-0.3, -0.25) is 0 Å². The number of aryl methyl sites for hydroxylation is 2. The molecule has 2 nitrogen and oxygen atoms in total. The van der Waals surface area contributed by atoms with E-state index in [2.05, 4.69) is 13.0 Å². The zero-order chi connectivity index (χ0) is 14.0. The molecule has 0 aliphatic carbocycles. The summed E-state index contributed by atoms with van der Waals surface area (Å²) in [6.07, 6.45) is -0.658. The van der Waals surface area contributed by atoms with Crippen molar-refractivity contribution in [1.29, 1.82) is 0 Å². The summed E-state index contributed by atoms with van der Waals surface area (Å²) in [5, 5.41) is 10.7. The van der Waals surface area contributed by atoms with Crippen molar-refractivity contribution in [3.63, 3.8) is 0 Å². The maximum atomic E-state index is 10.7. The highest BCUT2D eigenvalue weighted by Crippen LogP contribution is 2.32. The van der Waals surface area contributed by atoms with Crippen LogP contribution in [0.25, 0.3) is 0 Å². The molecule has 0 spiro atoms. The van der Waals surface area contributed by atoms with Crippen LogP contribution in [0.1, 0.15) is 33.9 Å². The Labute approximate surface area is 114 Å². The predicted octanol–water partition coefficient (Wildman–Crippen LogP) is 3.70. The average Bonchev–Trinajstić information content (AvgIpc) is 2.41. The molecule has 1 unspecified atom stereocenters. The molecule has 0 fully saturated rings. The third-order valence-corrected chi connectivity index (χ3v) is 3.62. The van der Waals surface area contributed by atoms with Crippen LogP contribution in [0, 0.1) is 20.8 Å². The minimum atomic E-state index is -0.658. The number of aliphatic hydroxyl groups excluding tert-OH is 1. The van der Waals surface area contributed by atoms with Crippen molar-refractivity contribution in [1.82, 2.24) is 0 Å². The van der Waals surface area contributed by atoms with Crippen LogP contribution in [0.2, 0.25) is 0 Å². The molecule has 2 aromatic carbocycles. The quantitative estimate of drug-likeness (QED) is 0.907. The van der Waals surface area contributed by atoms with Crippen LogP contribution in [-0.4, -0.2) is 12.2 Å². The molecule has 0 aliphatic rings. The van der Waals surface area contributed by atoms with Crippen LogP contribution < -0.4 is 4.74 Å². The Bertz CT molecular complexity index is 588. The fourth-order valence-corrected chi connectivity index (χ4v) is 2.31. The van der Waals surface area contributed by atoms with Gasteiger partial charge in [0.25, 0.3) is 0 Å². The van der Waals surface area contributed by atoms with E-state index in [1.807, 2.05) is 44.2 Å². The van der Waals surface area contributed by atoms with E-state index in [0.717, 1.165) is 28.0 Å². The second-order valence-corrected chi connectivity index (χ2v) is 4.94. The third-order valence-electron chi connectivity index (χ3n) is 3.62. The van der Waals surface area contributed by atoms with Gasteiger partial charge in [-0.25, -0.2) is 0 Å². The van der Waals surface area contributed by atoms with Gasteiger partial charge >= 0.3 is 0 Å². The van der Waals surface area contributed by atoms with Gasteiger partial charge in [0.1, 0.15) is 11.9 Å². The van der Waals surface area contributed by atoms with Crippen molar-refractivity contribution in [3.05, 3.63) is 64.2 Å². The van der Waals surface area contributed by atoms with Crippen molar-refractivity contribution in [3.8, 4) is 5.75 Å². The molecule has 0 heterocycles. The molecule has 2 heteroatoms. The van der Waals surface area contributed by atoms with Crippen molar-refractivity contribution in [2.75, 3.05) is 7.11 Å². The second-order valence-electron chi connectivity index (χ2n) is 4.94. The summed E-state index contributed by atoms with van der Waals surface area (Å²) in [5.74, 6) is 0.721. The Morgan fingerprint density at radius 2 is 1.74 bits per heavy atom. The Kier molecular flexibility index (Phi) is 3.91. The van der Waals surface area contributed by atoms with Gasteiger partial charge in [0, 0.05) is 5.56 Å². The molecule has 0 bridgehead atoms.